The zero-order chi connectivity index (χ0) is 15.0. The van der Waals surface area contributed by atoms with Crippen LogP contribution in [0.5, 0.6) is 0 Å². The van der Waals surface area contributed by atoms with Crippen LogP contribution in [0, 0.1) is 5.92 Å². The van der Waals surface area contributed by atoms with Gasteiger partial charge in [0, 0.05) is 19.1 Å². The van der Waals surface area contributed by atoms with Crippen LogP contribution in [-0.4, -0.2) is 58.2 Å². The summed E-state index contributed by atoms with van der Waals surface area (Å²) < 4.78 is 0. The molecule has 0 spiro atoms. The molecule has 0 bridgehead atoms. The molecule has 3 atom stereocenters. The largest absolute Gasteiger partial charge is 0.395 e. The highest BCUT2D eigenvalue weighted by Crippen LogP contribution is 2.27. The van der Waals surface area contributed by atoms with Gasteiger partial charge in [-0.3, -0.25) is 4.90 Å². The predicted molar refractivity (Wildman–Crippen MR) is 81.6 cm³/mol. The van der Waals surface area contributed by atoms with E-state index in [4.69, 9.17) is 0 Å². The minimum atomic E-state index is -0.672. The van der Waals surface area contributed by atoms with Crippen molar-refractivity contribution in [1.29, 1.82) is 0 Å². The molecule has 0 aromatic carbocycles. The van der Waals surface area contributed by atoms with Crippen molar-refractivity contribution in [3.05, 3.63) is 0 Å². The molecule has 2 aliphatic rings. The third kappa shape index (κ3) is 5.68. The Morgan fingerprint density at radius 3 is 2.15 bits per heavy atom. The first kappa shape index (κ1) is 17.9. The molecule has 0 aromatic heterocycles. The molecule has 2 rings (SSSR count). The average Bonchev–Trinajstić information content (AvgIpc) is 2.44. The van der Waals surface area contributed by atoms with Crippen LogP contribution in [0.2, 0.25) is 0 Å². The molecule has 1 aliphatic carbocycles. The number of hydrogen-bond donors (Lipinski definition) is 3. The molecule has 120 valence electrons. The fraction of sp³-hybridized carbons (Fsp3) is 1.00. The van der Waals surface area contributed by atoms with E-state index in [1.807, 2.05) is 0 Å². The smallest absolute Gasteiger partial charge is 0.0926 e. The van der Waals surface area contributed by atoms with Crippen molar-refractivity contribution in [2.75, 3.05) is 19.7 Å². The van der Waals surface area contributed by atoms with Gasteiger partial charge in [-0.2, -0.15) is 0 Å². The Hall–Kier alpha value is -0.160. The topological polar surface area (TPSA) is 63.9 Å². The quantitative estimate of drug-likeness (QED) is 0.740. The molecule has 4 heteroatoms. The van der Waals surface area contributed by atoms with E-state index in [9.17, 15) is 15.3 Å². The van der Waals surface area contributed by atoms with E-state index in [-0.39, 0.29) is 12.6 Å². The fourth-order valence-electron chi connectivity index (χ4n) is 3.21. The highest BCUT2D eigenvalue weighted by Gasteiger charge is 2.34. The second-order valence-corrected chi connectivity index (χ2v) is 6.37. The van der Waals surface area contributed by atoms with E-state index >= 15 is 0 Å². The zero-order valence-corrected chi connectivity index (χ0v) is 13.2. The Balaban J connectivity index is 0.000000612. The molecule has 1 aliphatic heterocycles. The molecule has 2 fully saturated rings. The van der Waals surface area contributed by atoms with Crippen molar-refractivity contribution in [3.63, 3.8) is 0 Å². The van der Waals surface area contributed by atoms with Crippen LogP contribution in [0.25, 0.3) is 0 Å². The molecule has 3 N–H and O–H groups in total. The maximum atomic E-state index is 9.72. The van der Waals surface area contributed by atoms with Crippen molar-refractivity contribution in [1.82, 2.24) is 4.90 Å². The molecule has 4 nitrogen and oxygen atoms in total. The number of likely N-dealkylation sites (tertiary alicyclic amines) is 1. The number of piperidine rings is 1. The van der Waals surface area contributed by atoms with E-state index < -0.39 is 12.2 Å². The van der Waals surface area contributed by atoms with Gasteiger partial charge in [0.15, 0.2) is 0 Å². The van der Waals surface area contributed by atoms with Gasteiger partial charge in [-0.15, -0.1) is 0 Å². The Morgan fingerprint density at radius 1 is 1.00 bits per heavy atom. The number of nitrogens with zero attached hydrogens (tertiary/aromatic N) is 1. The SMILES string of the molecule is CCC.OC[C@H]1CC(O)[C@@H](O)CN1CC1CCCCC1. The maximum Gasteiger partial charge on any atom is 0.0926 e. The van der Waals surface area contributed by atoms with Gasteiger partial charge in [0.25, 0.3) is 0 Å². The number of aliphatic hydroxyl groups excluding tert-OH is 3. The monoisotopic (exact) mass is 287 g/mol. The van der Waals surface area contributed by atoms with Gasteiger partial charge < -0.3 is 15.3 Å². The van der Waals surface area contributed by atoms with Crippen LogP contribution < -0.4 is 0 Å². The van der Waals surface area contributed by atoms with Crippen LogP contribution in [0.4, 0.5) is 0 Å². The fourth-order valence-corrected chi connectivity index (χ4v) is 3.21. The first-order chi connectivity index (χ1) is 9.62. The Kier molecular flexibility index (Phi) is 8.69. The van der Waals surface area contributed by atoms with Crippen molar-refractivity contribution in [2.24, 2.45) is 5.92 Å². The molecular weight excluding hydrogens is 254 g/mol. The number of rotatable bonds is 3. The number of aliphatic hydroxyl groups is 3. The summed E-state index contributed by atoms with van der Waals surface area (Å²) in [6.45, 7) is 5.80. The summed E-state index contributed by atoms with van der Waals surface area (Å²) >= 11 is 0. The Labute approximate surface area is 123 Å². The molecule has 0 aromatic rings. The molecule has 1 saturated heterocycles. The summed E-state index contributed by atoms with van der Waals surface area (Å²) in [7, 11) is 0. The lowest BCUT2D eigenvalue weighted by atomic mass is 9.87. The van der Waals surface area contributed by atoms with Crippen molar-refractivity contribution in [2.45, 2.75) is 77.0 Å². The number of β-amino-alcohol motifs (C(OH)–C–C–N with tert-alkyl or cyclic N) is 1. The highest BCUT2D eigenvalue weighted by atomic mass is 16.3. The van der Waals surface area contributed by atoms with E-state index in [2.05, 4.69) is 18.7 Å². The third-order valence-electron chi connectivity index (χ3n) is 4.32. The molecule has 1 heterocycles. The van der Waals surface area contributed by atoms with E-state index in [1.165, 1.54) is 38.5 Å². The summed E-state index contributed by atoms with van der Waals surface area (Å²) in [6.07, 6.45) is 6.93. The lowest BCUT2D eigenvalue weighted by Crippen LogP contribution is -2.54. The zero-order valence-electron chi connectivity index (χ0n) is 13.2. The van der Waals surface area contributed by atoms with E-state index in [0.717, 1.165) is 6.54 Å². The second-order valence-electron chi connectivity index (χ2n) is 6.37. The maximum absolute atomic E-state index is 9.72. The van der Waals surface area contributed by atoms with Gasteiger partial charge in [-0.1, -0.05) is 39.5 Å². The van der Waals surface area contributed by atoms with Crippen LogP contribution in [0.1, 0.15) is 58.8 Å². The first-order valence-electron chi connectivity index (χ1n) is 8.33. The van der Waals surface area contributed by atoms with Crippen LogP contribution in [0.3, 0.4) is 0 Å². The van der Waals surface area contributed by atoms with Crippen LogP contribution >= 0.6 is 0 Å². The Morgan fingerprint density at radius 2 is 1.60 bits per heavy atom. The second kappa shape index (κ2) is 9.72. The third-order valence-corrected chi connectivity index (χ3v) is 4.32. The standard InChI is InChI=1S/C13H25NO3.C3H8/c15-9-11-6-12(16)13(17)8-14(11)7-10-4-2-1-3-5-10;1-3-2/h10-13,15-17H,1-9H2;3H2,1-2H3/t11-,12?,13+;/m1./s1. The lowest BCUT2D eigenvalue weighted by molar-refractivity contribution is -0.0756. The Bertz CT molecular complexity index is 244. The molecule has 20 heavy (non-hydrogen) atoms. The van der Waals surface area contributed by atoms with Crippen LogP contribution in [0.15, 0.2) is 0 Å². The van der Waals surface area contributed by atoms with Crippen molar-refractivity contribution < 1.29 is 15.3 Å². The number of hydrogen-bond acceptors (Lipinski definition) is 4. The summed E-state index contributed by atoms with van der Waals surface area (Å²) in [6, 6.07) is 0.0235. The minimum absolute atomic E-state index is 0.0235. The molecule has 1 saturated carbocycles. The van der Waals surface area contributed by atoms with Crippen LogP contribution in [-0.2, 0) is 0 Å². The van der Waals surface area contributed by atoms with E-state index in [0.29, 0.717) is 18.9 Å². The molecular formula is C16H33NO3. The minimum Gasteiger partial charge on any atom is -0.395 e. The van der Waals surface area contributed by atoms with Crippen molar-refractivity contribution in [3.8, 4) is 0 Å². The molecule has 0 radical (unpaired) electrons. The highest BCUT2D eigenvalue weighted by molar-refractivity contribution is 4.88. The molecule has 1 unspecified atom stereocenters. The molecule has 0 amide bonds. The van der Waals surface area contributed by atoms with Gasteiger partial charge in [-0.05, 0) is 25.2 Å². The van der Waals surface area contributed by atoms with Crippen molar-refractivity contribution >= 4 is 0 Å². The average molecular weight is 287 g/mol. The summed E-state index contributed by atoms with van der Waals surface area (Å²) in [5.74, 6) is 0.709. The van der Waals surface area contributed by atoms with Gasteiger partial charge in [0.05, 0.1) is 18.8 Å². The van der Waals surface area contributed by atoms with E-state index in [1.54, 1.807) is 0 Å². The van der Waals surface area contributed by atoms with Gasteiger partial charge in [0.1, 0.15) is 0 Å². The predicted octanol–water partition coefficient (Wildman–Crippen LogP) is 1.77. The summed E-state index contributed by atoms with van der Waals surface area (Å²) in [5.41, 5.74) is 0. The van der Waals surface area contributed by atoms with Gasteiger partial charge in [-0.25, -0.2) is 0 Å². The normalized spacial score (nSPS) is 32.5. The van der Waals surface area contributed by atoms with Gasteiger partial charge >= 0.3 is 0 Å². The summed E-state index contributed by atoms with van der Waals surface area (Å²) in [5, 5.41) is 28.7. The van der Waals surface area contributed by atoms with Gasteiger partial charge in [0.2, 0.25) is 0 Å². The lowest BCUT2D eigenvalue weighted by Gasteiger charge is -2.41. The first-order valence-corrected chi connectivity index (χ1v) is 8.33. The summed E-state index contributed by atoms with van der Waals surface area (Å²) in [4.78, 5) is 2.17.